The van der Waals surface area contributed by atoms with Gasteiger partial charge in [0.1, 0.15) is 11.9 Å². The molecular weight excluding hydrogens is 272 g/mol. The van der Waals surface area contributed by atoms with Crippen LogP contribution in [0.15, 0.2) is 47.7 Å². The summed E-state index contributed by atoms with van der Waals surface area (Å²) in [6, 6.07) is 5.70. The fourth-order valence-electron chi connectivity index (χ4n) is 2.07. The second kappa shape index (κ2) is 6.48. The van der Waals surface area contributed by atoms with Crippen molar-refractivity contribution in [1.82, 2.24) is 10.6 Å². The first-order valence-corrected chi connectivity index (χ1v) is 6.91. The fourth-order valence-corrected chi connectivity index (χ4v) is 2.25. The Bertz CT molecular complexity index is 563. The molecule has 1 aromatic rings. The second-order valence-electron chi connectivity index (χ2n) is 4.62. The number of rotatable bonds is 5. The maximum Gasteiger partial charge on any atom is 0.195 e. The maximum absolute atomic E-state index is 6.17. The Morgan fingerprint density at radius 1 is 1.55 bits per heavy atom. The first kappa shape index (κ1) is 14.5. The van der Waals surface area contributed by atoms with Gasteiger partial charge in [-0.25, -0.2) is 4.99 Å². The highest BCUT2D eigenvalue weighted by Crippen LogP contribution is 2.28. The summed E-state index contributed by atoms with van der Waals surface area (Å²) in [7, 11) is 0. The zero-order valence-electron chi connectivity index (χ0n) is 11.5. The molecule has 1 aliphatic rings. The molecule has 0 aromatic heterocycles. The van der Waals surface area contributed by atoms with Gasteiger partial charge in [-0.15, -0.1) is 6.58 Å². The average molecular weight is 291 g/mol. The van der Waals surface area contributed by atoms with Crippen LogP contribution >= 0.6 is 11.6 Å². The van der Waals surface area contributed by atoms with Gasteiger partial charge in [0.25, 0.3) is 0 Å². The van der Waals surface area contributed by atoms with Gasteiger partial charge in [0.2, 0.25) is 0 Å². The number of aliphatic imine (C=N–C) groups is 1. The summed E-state index contributed by atoms with van der Waals surface area (Å²) in [5.41, 5.74) is 7.94. The number of benzene rings is 1. The van der Waals surface area contributed by atoms with Gasteiger partial charge in [-0.3, -0.25) is 0 Å². The Kier molecular flexibility index (Phi) is 4.69. The Morgan fingerprint density at radius 3 is 3.10 bits per heavy atom. The Hall–Kier alpha value is -1.94. The lowest BCUT2D eigenvalue weighted by Crippen LogP contribution is -2.40. The Morgan fingerprint density at radius 2 is 2.35 bits per heavy atom. The first-order chi connectivity index (χ1) is 9.61. The van der Waals surface area contributed by atoms with Crippen molar-refractivity contribution in [1.29, 1.82) is 0 Å². The molecule has 1 atom stereocenters. The van der Waals surface area contributed by atoms with E-state index in [1.54, 1.807) is 0 Å². The monoisotopic (exact) mass is 290 g/mol. The quantitative estimate of drug-likeness (QED) is 0.577. The summed E-state index contributed by atoms with van der Waals surface area (Å²) >= 11 is 6.17. The summed E-state index contributed by atoms with van der Waals surface area (Å²) in [5, 5.41) is 7.03. The number of guanidine groups is 1. The molecule has 106 valence electrons. The molecule has 0 bridgehead atoms. The molecule has 1 heterocycles. The van der Waals surface area contributed by atoms with Crippen LogP contribution in [0.1, 0.15) is 23.6 Å². The van der Waals surface area contributed by atoms with Crippen molar-refractivity contribution >= 4 is 17.6 Å². The number of hydrogen-bond donors (Lipinski definition) is 3. The summed E-state index contributed by atoms with van der Waals surface area (Å²) in [5.74, 6) is 1.27. The van der Waals surface area contributed by atoms with Crippen LogP contribution in [0, 0.1) is 6.92 Å². The van der Waals surface area contributed by atoms with Crippen molar-refractivity contribution in [2.75, 3.05) is 6.54 Å². The van der Waals surface area contributed by atoms with Crippen LogP contribution in [0.3, 0.4) is 0 Å². The molecule has 0 saturated carbocycles. The average Bonchev–Trinajstić information content (AvgIpc) is 2.41. The lowest BCUT2D eigenvalue weighted by molar-refractivity contribution is 0.718. The van der Waals surface area contributed by atoms with E-state index in [-0.39, 0.29) is 6.04 Å². The van der Waals surface area contributed by atoms with E-state index in [0.29, 0.717) is 5.96 Å². The number of halogens is 1. The normalized spacial score (nSPS) is 17.8. The zero-order chi connectivity index (χ0) is 14.5. The molecule has 2 rings (SSSR count). The van der Waals surface area contributed by atoms with E-state index in [9.17, 15) is 0 Å². The first-order valence-electron chi connectivity index (χ1n) is 6.53. The fraction of sp³-hybridized carbons (Fsp3) is 0.267. The Labute approximate surface area is 124 Å². The summed E-state index contributed by atoms with van der Waals surface area (Å²) < 4.78 is 0. The zero-order valence-corrected chi connectivity index (χ0v) is 12.2. The predicted molar refractivity (Wildman–Crippen MR) is 84.6 cm³/mol. The SMILES string of the molecule is C=CCCNC1=CC(c2cccc(Cl)c2C)N=C(N)N1. The molecule has 20 heavy (non-hydrogen) atoms. The van der Waals surface area contributed by atoms with Gasteiger partial charge < -0.3 is 16.4 Å². The molecule has 4 N–H and O–H groups in total. The van der Waals surface area contributed by atoms with Gasteiger partial charge in [-0.2, -0.15) is 0 Å². The maximum atomic E-state index is 6.17. The highest BCUT2D eigenvalue weighted by molar-refractivity contribution is 6.31. The lowest BCUT2D eigenvalue weighted by atomic mass is 10.0. The van der Waals surface area contributed by atoms with Crippen molar-refractivity contribution in [3.63, 3.8) is 0 Å². The highest BCUT2D eigenvalue weighted by atomic mass is 35.5. The smallest absolute Gasteiger partial charge is 0.195 e. The largest absolute Gasteiger partial charge is 0.371 e. The minimum atomic E-state index is -0.124. The molecule has 4 nitrogen and oxygen atoms in total. The van der Waals surface area contributed by atoms with Crippen LogP contribution in [0.25, 0.3) is 0 Å². The molecule has 0 radical (unpaired) electrons. The van der Waals surface area contributed by atoms with E-state index in [1.807, 2.05) is 37.3 Å². The topological polar surface area (TPSA) is 62.4 Å². The summed E-state index contributed by atoms with van der Waals surface area (Å²) in [4.78, 5) is 4.42. The standard InChI is InChI=1S/C15H19ClN4/c1-3-4-8-18-14-9-13(19-15(17)20-14)11-6-5-7-12(16)10(11)2/h3,5-7,9,13,18H,1,4,8H2,2H3,(H3,17,19,20). The van der Waals surface area contributed by atoms with E-state index in [0.717, 1.165) is 34.9 Å². The van der Waals surface area contributed by atoms with Crippen molar-refractivity contribution in [2.45, 2.75) is 19.4 Å². The molecule has 1 unspecified atom stereocenters. The van der Waals surface area contributed by atoms with Crippen molar-refractivity contribution in [3.05, 3.63) is 58.9 Å². The van der Waals surface area contributed by atoms with E-state index in [4.69, 9.17) is 17.3 Å². The Balaban J connectivity index is 2.23. The molecular formula is C15H19ClN4. The van der Waals surface area contributed by atoms with Gasteiger partial charge in [0.15, 0.2) is 5.96 Å². The molecule has 0 spiro atoms. The van der Waals surface area contributed by atoms with Crippen molar-refractivity contribution in [2.24, 2.45) is 10.7 Å². The van der Waals surface area contributed by atoms with Crippen molar-refractivity contribution < 1.29 is 0 Å². The number of nitrogens with two attached hydrogens (primary N) is 1. The third-order valence-corrected chi connectivity index (χ3v) is 3.57. The second-order valence-corrected chi connectivity index (χ2v) is 5.03. The third-order valence-electron chi connectivity index (χ3n) is 3.16. The van der Waals surface area contributed by atoms with Crippen LogP contribution in [-0.4, -0.2) is 12.5 Å². The van der Waals surface area contributed by atoms with Gasteiger partial charge in [0, 0.05) is 11.6 Å². The van der Waals surface area contributed by atoms with Gasteiger partial charge in [-0.05, 0) is 36.6 Å². The predicted octanol–water partition coefficient (Wildman–Crippen LogP) is 2.61. The van der Waals surface area contributed by atoms with Crippen LogP contribution in [0.4, 0.5) is 0 Å². The molecule has 5 heteroatoms. The van der Waals surface area contributed by atoms with Crippen LogP contribution in [0.2, 0.25) is 5.02 Å². The van der Waals surface area contributed by atoms with Crippen LogP contribution in [0.5, 0.6) is 0 Å². The molecule has 0 fully saturated rings. The molecule has 0 aliphatic carbocycles. The molecule has 0 amide bonds. The van der Waals surface area contributed by atoms with E-state index in [1.165, 1.54) is 0 Å². The van der Waals surface area contributed by atoms with Crippen LogP contribution in [-0.2, 0) is 0 Å². The van der Waals surface area contributed by atoms with E-state index < -0.39 is 0 Å². The number of nitrogens with one attached hydrogen (secondary N) is 2. The van der Waals surface area contributed by atoms with Crippen LogP contribution < -0.4 is 16.4 Å². The minimum absolute atomic E-state index is 0.124. The van der Waals surface area contributed by atoms with Gasteiger partial charge in [0.05, 0.1) is 0 Å². The van der Waals surface area contributed by atoms with E-state index >= 15 is 0 Å². The number of nitrogens with zero attached hydrogens (tertiary/aromatic N) is 1. The van der Waals surface area contributed by atoms with E-state index in [2.05, 4.69) is 22.2 Å². The summed E-state index contributed by atoms with van der Waals surface area (Å²) in [6.45, 7) is 6.49. The lowest BCUT2D eigenvalue weighted by Gasteiger charge is -2.22. The molecule has 1 aliphatic heterocycles. The van der Waals surface area contributed by atoms with Crippen molar-refractivity contribution in [3.8, 4) is 0 Å². The third kappa shape index (κ3) is 3.33. The van der Waals surface area contributed by atoms with Gasteiger partial charge in [-0.1, -0.05) is 29.8 Å². The minimum Gasteiger partial charge on any atom is -0.371 e. The molecule has 0 saturated heterocycles. The summed E-state index contributed by atoms with van der Waals surface area (Å²) in [6.07, 6.45) is 4.77. The highest BCUT2D eigenvalue weighted by Gasteiger charge is 2.17. The molecule has 1 aromatic carbocycles. The number of hydrogen-bond acceptors (Lipinski definition) is 4. The van der Waals surface area contributed by atoms with Gasteiger partial charge >= 0.3 is 0 Å².